The molecule has 0 spiro atoms. The number of ether oxygens (including phenoxy) is 1. The fraction of sp³-hybridized carbons (Fsp3) is 0.533. The lowest BCUT2D eigenvalue weighted by Gasteiger charge is -2.13. The summed E-state index contributed by atoms with van der Waals surface area (Å²) < 4.78 is 5.33. The van der Waals surface area contributed by atoms with Crippen molar-refractivity contribution in [1.29, 1.82) is 0 Å². The van der Waals surface area contributed by atoms with E-state index in [1.807, 2.05) is 6.07 Å². The quantitative estimate of drug-likeness (QED) is 0.840. The molecule has 0 saturated heterocycles. The first kappa shape index (κ1) is 14.6. The van der Waals surface area contributed by atoms with Gasteiger partial charge in [0.25, 0.3) is 0 Å². The number of carbonyl (C=O) groups is 1. The van der Waals surface area contributed by atoms with Crippen molar-refractivity contribution >= 4 is 5.97 Å². The van der Waals surface area contributed by atoms with E-state index >= 15 is 0 Å². The first-order chi connectivity index (χ1) is 8.45. The maximum Gasteiger partial charge on any atom is 0.306 e. The van der Waals surface area contributed by atoms with Gasteiger partial charge < -0.3 is 9.84 Å². The van der Waals surface area contributed by atoms with Crippen molar-refractivity contribution in [1.82, 2.24) is 0 Å². The second-order valence-corrected chi connectivity index (χ2v) is 5.00. The normalized spacial score (nSPS) is 12.5. The molecule has 0 aliphatic rings. The SMILES string of the molecule is COc1ccc(C(C)C)cc1CCC(C)C(=O)O. The topological polar surface area (TPSA) is 46.5 Å². The first-order valence-electron chi connectivity index (χ1n) is 6.35. The van der Waals surface area contributed by atoms with Gasteiger partial charge in [-0.1, -0.05) is 32.9 Å². The number of aryl methyl sites for hydroxylation is 1. The maximum atomic E-state index is 10.8. The average molecular weight is 250 g/mol. The van der Waals surface area contributed by atoms with Crippen LogP contribution in [0.2, 0.25) is 0 Å². The molecule has 3 heteroatoms. The molecule has 1 unspecified atom stereocenters. The third-order valence-corrected chi connectivity index (χ3v) is 3.24. The molecule has 0 saturated carbocycles. The summed E-state index contributed by atoms with van der Waals surface area (Å²) >= 11 is 0. The monoisotopic (exact) mass is 250 g/mol. The second-order valence-electron chi connectivity index (χ2n) is 5.00. The van der Waals surface area contributed by atoms with E-state index in [0.29, 0.717) is 12.3 Å². The Morgan fingerprint density at radius 2 is 2.00 bits per heavy atom. The molecule has 18 heavy (non-hydrogen) atoms. The lowest BCUT2D eigenvalue weighted by atomic mass is 9.95. The molecule has 0 aromatic heterocycles. The predicted molar refractivity (Wildman–Crippen MR) is 72.2 cm³/mol. The number of hydrogen-bond acceptors (Lipinski definition) is 2. The van der Waals surface area contributed by atoms with Crippen molar-refractivity contribution in [3.8, 4) is 5.75 Å². The van der Waals surface area contributed by atoms with Gasteiger partial charge in [0, 0.05) is 0 Å². The van der Waals surface area contributed by atoms with Crippen LogP contribution in [0.4, 0.5) is 0 Å². The molecule has 1 rings (SSSR count). The van der Waals surface area contributed by atoms with E-state index in [9.17, 15) is 4.79 Å². The van der Waals surface area contributed by atoms with Crippen LogP contribution in [0.15, 0.2) is 18.2 Å². The number of carboxylic acids is 1. The molecule has 100 valence electrons. The lowest BCUT2D eigenvalue weighted by molar-refractivity contribution is -0.141. The van der Waals surface area contributed by atoms with Gasteiger partial charge in [0.1, 0.15) is 5.75 Å². The highest BCUT2D eigenvalue weighted by Gasteiger charge is 2.13. The largest absolute Gasteiger partial charge is 0.496 e. The van der Waals surface area contributed by atoms with Crippen molar-refractivity contribution in [3.63, 3.8) is 0 Å². The van der Waals surface area contributed by atoms with Gasteiger partial charge in [-0.15, -0.1) is 0 Å². The summed E-state index contributed by atoms with van der Waals surface area (Å²) in [6.07, 6.45) is 1.37. The van der Waals surface area contributed by atoms with Crippen molar-refractivity contribution < 1.29 is 14.6 Å². The molecule has 0 radical (unpaired) electrons. The molecular weight excluding hydrogens is 228 g/mol. The highest BCUT2D eigenvalue weighted by Crippen LogP contribution is 2.26. The third-order valence-electron chi connectivity index (χ3n) is 3.24. The van der Waals surface area contributed by atoms with Crippen molar-refractivity contribution in [2.75, 3.05) is 7.11 Å². The highest BCUT2D eigenvalue weighted by molar-refractivity contribution is 5.69. The van der Waals surface area contributed by atoms with E-state index in [1.165, 1.54) is 5.56 Å². The van der Waals surface area contributed by atoms with Crippen LogP contribution in [0.3, 0.4) is 0 Å². The molecule has 0 bridgehead atoms. The van der Waals surface area contributed by atoms with Gasteiger partial charge in [-0.3, -0.25) is 4.79 Å². The van der Waals surface area contributed by atoms with Gasteiger partial charge in [-0.05, 0) is 36.0 Å². The molecule has 0 fully saturated rings. The molecular formula is C15H22O3. The number of carboxylic acid groups (broad SMARTS) is 1. The molecule has 0 aliphatic heterocycles. The minimum Gasteiger partial charge on any atom is -0.496 e. The molecule has 1 aromatic rings. The molecule has 3 nitrogen and oxygen atoms in total. The van der Waals surface area contributed by atoms with Crippen LogP contribution >= 0.6 is 0 Å². The average Bonchev–Trinajstić information content (AvgIpc) is 2.35. The highest BCUT2D eigenvalue weighted by atomic mass is 16.5. The summed E-state index contributed by atoms with van der Waals surface area (Å²) in [6.45, 7) is 6.03. The van der Waals surface area contributed by atoms with Crippen LogP contribution in [-0.4, -0.2) is 18.2 Å². The standard InChI is InChI=1S/C15H22O3/c1-10(2)12-7-8-14(18-4)13(9-12)6-5-11(3)15(16)17/h7-11H,5-6H2,1-4H3,(H,16,17). The third kappa shape index (κ3) is 3.76. The fourth-order valence-electron chi connectivity index (χ4n) is 1.85. The van der Waals surface area contributed by atoms with E-state index < -0.39 is 5.97 Å². The van der Waals surface area contributed by atoms with Crippen LogP contribution < -0.4 is 4.74 Å². The Balaban J connectivity index is 2.84. The summed E-state index contributed by atoms with van der Waals surface area (Å²) in [5.41, 5.74) is 2.35. The summed E-state index contributed by atoms with van der Waals surface area (Å²) in [5.74, 6) is 0.245. The van der Waals surface area contributed by atoms with E-state index in [2.05, 4.69) is 26.0 Å². The van der Waals surface area contributed by atoms with Gasteiger partial charge in [-0.25, -0.2) is 0 Å². The molecule has 0 amide bonds. The van der Waals surface area contributed by atoms with Crippen molar-refractivity contribution in [2.45, 2.75) is 39.5 Å². The fourth-order valence-corrected chi connectivity index (χ4v) is 1.85. The minimum absolute atomic E-state index is 0.322. The van der Waals surface area contributed by atoms with Gasteiger partial charge in [-0.2, -0.15) is 0 Å². The second kappa shape index (κ2) is 6.43. The zero-order valence-electron chi connectivity index (χ0n) is 11.6. The summed E-state index contributed by atoms with van der Waals surface area (Å²) in [7, 11) is 1.65. The summed E-state index contributed by atoms with van der Waals surface area (Å²) in [4.78, 5) is 10.8. The van der Waals surface area contributed by atoms with Gasteiger partial charge in [0.15, 0.2) is 0 Å². The number of aliphatic carboxylic acids is 1. The van der Waals surface area contributed by atoms with Crippen molar-refractivity contribution in [3.05, 3.63) is 29.3 Å². The molecule has 1 N–H and O–H groups in total. The molecule has 1 aromatic carbocycles. The lowest BCUT2D eigenvalue weighted by Crippen LogP contribution is -2.10. The van der Waals surface area contributed by atoms with E-state index in [1.54, 1.807) is 14.0 Å². The minimum atomic E-state index is -0.742. The number of rotatable bonds is 6. The van der Waals surface area contributed by atoms with Gasteiger partial charge >= 0.3 is 5.97 Å². The predicted octanol–water partition coefficient (Wildman–Crippen LogP) is 3.47. The Kier molecular flexibility index (Phi) is 5.20. The van der Waals surface area contributed by atoms with Crippen LogP contribution in [0, 0.1) is 5.92 Å². The summed E-state index contributed by atoms with van der Waals surface area (Å²) in [6, 6.07) is 6.15. The Labute approximate surface area is 109 Å². The van der Waals surface area contributed by atoms with Crippen LogP contribution in [0.5, 0.6) is 5.75 Å². The maximum absolute atomic E-state index is 10.8. The van der Waals surface area contributed by atoms with E-state index in [-0.39, 0.29) is 5.92 Å². The summed E-state index contributed by atoms with van der Waals surface area (Å²) in [5, 5.41) is 8.90. The Morgan fingerprint density at radius 1 is 1.33 bits per heavy atom. The zero-order chi connectivity index (χ0) is 13.7. The molecule has 0 heterocycles. The molecule has 1 atom stereocenters. The van der Waals surface area contributed by atoms with Crippen LogP contribution in [0.25, 0.3) is 0 Å². The Hall–Kier alpha value is -1.51. The first-order valence-corrected chi connectivity index (χ1v) is 6.35. The number of benzene rings is 1. The van der Waals surface area contributed by atoms with Gasteiger partial charge in [0.05, 0.1) is 13.0 Å². The Bertz CT molecular complexity index is 410. The Morgan fingerprint density at radius 3 is 2.50 bits per heavy atom. The van der Waals surface area contributed by atoms with E-state index in [0.717, 1.165) is 17.7 Å². The zero-order valence-corrected chi connectivity index (χ0v) is 11.6. The van der Waals surface area contributed by atoms with Crippen LogP contribution in [0.1, 0.15) is 44.2 Å². The smallest absolute Gasteiger partial charge is 0.306 e. The van der Waals surface area contributed by atoms with Crippen LogP contribution in [-0.2, 0) is 11.2 Å². The van der Waals surface area contributed by atoms with Crippen molar-refractivity contribution in [2.24, 2.45) is 5.92 Å². The van der Waals surface area contributed by atoms with Gasteiger partial charge in [0.2, 0.25) is 0 Å². The number of methoxy groups -OCH3 is 1. The van der Waals surface area contributed by atoms with E-state index in [4.69, 9.17) is 9.84 Å². The number of hydrogen-bond donors (Lipinski definition) is 1. The molecule has 0 aliphatic carbocycles.